The molecule has 5 nitrogen and oxygen atoms in total. The lowest BCUT2D eigenvalue weighted by molar-refractivity contribution is 0.0915. The van der Waals surface area contributed by atoms with Gasteiger partial charge in [0, 0.05) is 6.54 Å². The van der Waals surface area contributed by atoms with Crippen LogP contribution in [0.25, 0.3) is 0 Å². The molecule has 116 valence electrons. The summed E-state index contributed by atoms with van der Waals surface area (Å²) in [4.78, 5) is 14.1. The van der Waals surface area contributed by atoms with Crippen molar-refractivity contribution < 1.29 is 9.53 Å². The summed E-state index contributed by atoms with van der Waals surface area (Å²) in [6.45, 7) is 0.992. The van der Waals surface area contributed by atoms with Gasteiger partial charge in [0.25, 0.3) is 0 Å². The second kappa shape index (κ2) is 6.83. The summed E-state index contributed by atoms with van der Waals surface area (Å²) in [5.74, 6) is 0.363. The van der Waals surface area contributed by atoms with Crippen LogP contribution in [0.4, 0.5) is 4.79 Å². The van der Waals surface area contributed by atoms with E-state index in [1.807, 2.05) is 36.4 Å². The largest absolute Gasteiger partial charge is 0.445 e. The van der Waals surface area contributed by atoms with E-state index in [9.17, 15) is 4.79 Å². The molecule has 1 aromatic carbocycles. The molecule has 1 aliphatic rings. The lowest BCUT2D eigenvalue weighted by Gasteiger charge is -2.23. The highest BCUT2D eigenvalue weighted by atomic mass is 35.5. The normalized spacial score (nSPS) is 17.7. The molecule has 1 aromatic heterocycles. The van der Waals surface area contributed by atoms with Crippen molar-refractivity contribution in [3.63, 3.8) is 0 Å². The number of halogens is 1. The van der Waals surface area contributed by atoms with Crippen molar-refractivity contribution in [3.05, 3.63) is 53.3 Å². The maximum atomic E-state index is 12.3. The van der Waals surface area contributed by atoms with E-state index in [1.165, 1.54) is 0 Å². The van der Waals surface area contributed by atoms with Gasteiger partial charge < -0.3 is 4.74 Å². The number of benzene rings is 1. The van der Waals surface area contributed by atoms with Crippen LogP contribution in [0.1, 0.15) is 35.8 Å². The second-order valence-electron chi connectivity index (χ2n) is 5.34. The Bertz CT molecular complexity index is 629. The van der Waals surface area contributed by atoms with Crippen molar-refractivity contribution in [1.29, 1.82) is 0 Å². The molecule has 3 rings (SSSR count). The number of alkyl halides is 1. The first-order chi connectivity index (χ1) is 10.8. The van der Waals surface area contributed by atoms with Gasteiger partial charge in [-0.3, -0.25) is 10.00 Å². The molecule has 2 heterocycles. The number of carbonyl (C=O) groups is 1. The smallest absolute Gasteiger partial charge is 0.410 e. The fourth-order valence-corrected chi connectivity index (χ4v) is 2.87. The third-order valence-electron chi connectivity index (χ3n) is 3.84. The van der Waals surface area contributed by atoms with Crippen LogP contribution >= 0.6 is 11.6 Å². The van der Waals surface area contributed by atoms with Gasteiger partial charge >= 0.3 is 6.09 Å². The Labute approximate surface area is 134 Å². The van der Waals surface area contributed by atoms with Gasteiger partial charge in [-0.05, 0) is 24.5 Å². The first-order valence-corrected chi connectivity index (χ1v) is 7.89. The molecule has 0 aliphatic carbocycles. The zero-order valence-electron chi connectivity index (χ0n) is 12.2. The molecule has 0 spiro atoms. The highest BCUT2D eigenvalue weighted by Crippen LogP contribution is 2.31. The summed E-state index contributed by atoms with van der Waals surface area (Å²) < 4.78 is 5.42. The number of likely N-dealkylation sites (tertiary alicyclic amines) is 1. The molecule has 0 unspecified atom stereocenters. The molecule has 1 amide bonds. The van der Waals surface area contributed by atoms with E-state index in [0.29, 0.717) is 19.0 Å². The van der Waals surface area contributed by atoms with Crippen LogP contribution in [-0.2, 0) is 17.2 Å². The Balaban J connectivity index is 1.63. The summed E-state index contributed by atoms with van der Waals surface area (Å²) in [6.07, 6.45) is 1.58. The number of aromatic nitrogens is 2. The van der Waals surface area contributed by atoms with Crippen LogP contribution in [-0.4, -0.2) is 27.7 Å². The number of nitrogens with zero attached hydrogens (tertiary/aromatic N) is 2. The van der Waals surface area contributed by atoms with Gasteiger partial charge in [0.05, 0.1) is 23.3 Å². The number of hydrogen-bond donors (Lipinski definition) is 1. The van der Waals surface area contributed by atoms with Gasteiger partial charge in [-0.25, -0.2) is 4.79 Å². The molecule has 1 atom stereocenters. The molecular weight excluding hydrogens is 302 g/mol. The highest BCUT2D eigenvalue weighted by Gasteiger charge is 2.32. The molecule has 0 radical (unpaired) electrons. The number of hydrogen-bond acceptors (Lipinski definition) is 3. The quantitative estimate of drug-likeness (QED) is 0.876. The minimum atomic E-state index is -0.284. The van der Waals surface area contributed by atoms with Crippen molar-refractivity contribution in [2.45, 2.75) is 31.4 Å². The number of amides is 1. The van der Waals surface area contributed by atoms with E-state index in [4.69, 9.17) is 16.3 Å². The fraction of sp³-hybridized carbons (Fsp3) is 0.375. The van der Waals surface area contributed by atoms with Crippen LogP contribution in [0.2, 0.25) is 0 Å². The minimum absolute atomic E-state index is 0.00672. The SMILES string of the molecule is O=C(OCc1ccccc1)N1CCC[C@@H]1c1cc(CCl)n[nH]1. The topological polar surface area (TPSA) is 58.2 Å². The molecular formula is C16H18ClN3O2. The molecule has 1 saturated heterocycles. The number of nitrogens with one attached hydrogen (secondary N) is 1. The van der Waals surface area contributed by atoms with E-state index >= 15 is 0 Å². The first kappa shape index (κ1) is 14.9. The van der Waals surface area contributed by atoms with Crippen molar-refractivity contribution in [2.24, 2.45) is 0 Å². The average molecular weight is 320 g/mol. The van der Waals surface area contributed by atoms with E-state index in [-0.39, 0.29) is 12.1 Å². The lowest BCUT2D eigenvalue weighted by Crippen LogP contribution is -2.31. The Kier molecular flexibility index (Phi) is 4.63. The zero-order valence-corrected chi connectivity index (χ0v) is 12.9. The maximum absolute atomic E-state index is 12.3. The molecule has 6 heteroatoms. The summed E-state index contributed by atoms with van der Waals surface area (Å²) in [7, 11) is 0. The van der Waals surface area contributed by atoms with E-state index < -0.39 is 0 Å². The molecule has 22 heavy (non-hydrogen) atoms. The molecule has 1 fully saturated rings. The third-order valence-corrected chi connectivity index (χ3v) is 4.11. The molecule has 2 aromatic rings. The second-order valence-corrected chi connectivity index (χ2v) is 5.61. The van der Waals surface area contributed by atoms with Crippen LogP contribution in [0.5, 0.6) is 0 Å². The van der Waals surface area contributed by atoms with Gasteiger partial charge in [0.15, 0.2) is 0 Å². The maximum Gasteiger partial charge on any atom is 0.410 e. The Morgan fingerprint density at radius 1 is 1.41 bits per heavy atom. The van der Waals surface area contributed by atoms with Gasteiger partial charge in [-0.1, -0.05) is 30.3 Å². The van der Waals surface area contributed by atoms with E-state index in [2.05, 4.69) is 10.2 Å². The van der Waals surface area contributed by atoms with E-state index in [0.717, 1.165) is 29.8 Å². The van der Waals surface area contributed by atoms with Gasteiger partial charge in [-0.2, -0.15) is 5.10 Å². The van der Waals surface area contributed by atoms with Gasteiger partial charge in [0.1, 0.15) is 6.61 Å². The molecule has 1 aliphatic heterocycles. The van der Waals surface area contributed by atoms with Gasteiger partial charge in [-0.15, -0.1) is 11.6 Å². The van der Waals surface area contributed by atoms with Crippen LogP contribution in [0, 0.1) is 0 Å². The van der Waals surface area contributed by atoms with Crippen LogP contribution in [0.3, 0.4) is 0 Å². The molecule has 0 bridgehead atoms. The number of aromatic amines is 1. The van der Waals surface area contributed by atoms with Gasteiger partial charge in [0.2, 0.25) is 0 Å². The number of ether oxygens (including phenoxy) is 1. The number of rotatable bonds is 4. The van der Waals surface area contributed by atoms with Crippen molar-refractivity contribution in [2.75, 3.05) is 6.54 Å². The standard InChI is InChI=1S/C16H18ClN3O2/c17-10-13-9-14(19-18-13)15-7-4-8-20(15)16(21)22-11-12-5-2-1-3-6-12/h1-3,5-6,9,15H,4,7-8,10-11H2,(H,18,19)/t15-/m1/s1. The first-order valence-electron chi connectivity index (χ1n) is 7.35. The predicted octanol–water partition coefficient (Wildman–Crippen LogP) is 3.62. The Morgan fingerprint density at radius 3 is 2.95 bits per heavy atom. The van der Waals surface area contributed by atoms with Crippen molar-refractivity contribution in [3.8, 4) is 0 Å². The minimum Gasteiger partial charge on any atom is -0.445 e. The highest BCUT2D eigenvalue weighted by molar-refractivity contribution is 6.16. The Morgan fingerprint density at radius 2 is 2.23 bits per heavy atom. The fourth-order valence-electron chi connectivity index (χ4n) is 2.73. The lowest BCUT2D eigenvalue weighted by atomic mass is 10.1. The predicted molar refractivity (Wildman–Crippen MR) is 83.5 cm³/mol. The number of carbonyl (C=O) groups excluding carboxylic acids is 1. The monoisotopic (exact) mass is 319 g/mol. The number of H-pyrrole nitrogens is 1. The van der Waals surface area contributed by atoms with Crippen molar-refractivity contribution in [1.82, 2.24) is 15.1 Å². The van der Waals surface area contributed by atoms with Crippen LogP contribution in [0.15, 0.2) is 36.4 Å². The summed E-state index contributed by atoms with van der Waals surface area (Å²) in [5.41, 5.74) is 2.70. The Hall–Kier alpha value is -2.01. The third kappa shape index (κ3) is 3.25. The zero-order chi connectivity index (χ0) is 15.4. The summed E-state index contributed by atoms with van der Waals surface area (Å²) in [5, 5.41) is 7.10. The van der Waals surface area contributed by atoms with E-state index in [1.54, 1.807) is 4.90 Å². The molecule has 0 saturated carbocycles. The molecule has 1 N–H and O–H groups in total. The van der Waals surface area contributed by atoms with Crippen molar-refractivity contribution >= 4 is 17.7 Å². The summed E-state index contributed by atoms with van der Waals surface area (Å²) >= 11 is 5.78. The summed E-state index contributed by atoms with van der Waals surface area (Å²) in [6, 6.07) is 11.6. The van der Waals surface area contributed by atoms with Crippen LogP contribution < -0.4 is 0 Å². The average Bonchev–Trinajstić information content (AvgIpc) is 3.21.